The molecule has 4 heterocycles. The smallest absolute Gasteiger partial charge is 0.328 e. The number of hydrogen-bond acceptors (Lipinski definition) is 4. The molecule has 0 spiro atoms. The van der Waals surface area contributed by atoms with Crippen molar-refractivity contribution in [1.29, 1.82) is 0 Å². The van der Waals surface area contributed by atoms with Crippen LogP contribution in [0.1, 0.15) is 202 Å². The summed E-state index contributed by atoms with van der Waals surface area (Å²) in [5, 5.41) is 2.80. The summed E-state index contributed by atoms with van der Waals surface area (Å²) in [5.74, 6) is 0. The molecule has 14 rings (SSSR count). The summed E-state index contributed by atoms with van der Waals surface area (Å²) in [6.45, 7) is 43.5. The van der Waals surface area contributed by atoms with Crippen LogP contribution >= 0.6 is 11.3 Å². The summed E-state index contributed by atoms with van der Waals surface area (Å²) in [4.78, 5) is 8.38. The van der Waals surface area contributed by atoms with Crippen molar-refractivity contribution in [3.63, 3.8) is 0 Å². The second kappa shape index (κ2) is 18.5. The van der Waals surface area contributed by atoms with Gasteiger partial charge in [-0.2, -0.15) is 0 Å². The van der Waals surface area contributed by atoms with Crippen LogP contribution in [0.3, 0.4) is 0 Å². The highest BCUT2D eigenvalue weighted by molar-refractivity contribution is 7.26. The normalized spacial score (nSPS) is 20.3. The zero-order valence-electron chi connectivity index (χ0n) is 54.4. The molecule has 85 heavy (non-hydrogen) atoms. The van der Waals surface area contributed by atoms with Crippen molar-refractivity contribution in [2.24, 2.45) is 0 Å². The SMILES string of the molecule is CC(C)(C)c1ccc(N(c2ccc(C(C)(C)C)cc2)c2cc3c4c(c2)N(c2ccc(C(C)(C)C)cc2-c2ccccc2)c2cc5sc6cc7c(cc6c5cc2B4N2c4c-3cc(C(C)(C)C)cc4C3(C)CCCCC23C)C(C)(C)CCC7(C)C)cc1. The monoisotopic (exact) mass is 1140 g/mol. The van der Waals surface area contributed by atoms with Crippen LogP contribution in [0.15, 0.2) is 146 Å². The highest BCUT2D eigenvalue weighted by atomic mass is 32.1. The number of thiophene rings is 1. The summed E-state index contributed by atoms with van der Waals surface area (Å²) in [7, 11) is 0. The van der Waals surface area contributed by atoms with Gasteiger partial charge in [0.05, 0.1) is 5.69 Å². The van der Waals surface area contributed by atoms with Gasteiger partial charge in [0.2, 0.25) is 0 Å². The van der Waals surface area contributed by atoms with E-state index in [1.165, 1.54) is 142 Å². The van der Waals surface area contributed by atoms with E-state index >= 15 is 0 Å². The molecule has 1 fully saturated rings. The molecule has 9 aromatic rings. The van der Waals surface area contributed by atoms with E-state index in [0.29, 0.717) is 0 Å². The lowest BCUT2D eigenvalue weighted by Gasteiger charge is -2.55. The molecular weight excluding hydrogens is 1050 g/mol. The van der Waals surface area contributed by atoms with Crippen molar-refractivity contribution in [1.82, 2.24) is 0 Å². The lowest BCUT2D eigenvalue weighted by molar-refractivity contribution is 0.199. The summed E-state index contributed by atoms with van der Waals surface area (Å²) in [6.07, 6.45) is 7.19. The Hall–Kier alpha value is -6.56. The molecule has 0 saturated heterocycles. The zero-order chi connectivity index (χ0) is 60.1. The molecule has 0 N–H and O–H groups in total. The van der Waals surface area contributed by atoms with E-state index in [1.54, 1.807) is 5.56 Å². The fourth-order valence-corrected chi connectivity index (χ4v) is 17.3. The third-order valence-corrected chi connectivity index (χ3v) is 23.0. The predicted octanol–water partition coefficient (Wildman–Crippen LogP) is 21.7. The summed E-state index contributed by atoms with van der Waals surface area (Å²) < 4.78 is 2.75. The first kappa shape index (κ1) is 56.3. The maximum absolute atomic E-state index is 3.05. The van der Waals surface area contributed by atoms with Gasteiger partial charge in [-0.1, -0.05) is 203 Å². The standard InChI is InChI=1S/C80H90BN3S/c1-73(2,3)50-26-31-54(32-27-50)82(55-33-28-51(29-34-55)74(4,5)6)56-43-60-61-41-53(76(10,11)12)42-64-72(61)84(80(18)37-23-22-36-79(64,80)17)81-65-46-59-58-45-62-63(78(15,16)39-38-77(62,13)14)47-69(58)85-70(59)48-67(65)83(68(44-56)71(60)81)66-35-30-52(75(7,8)9)40-57(66)49-24-20-19-21-25-49/h19-21,24-35,40-48H,22-23,36-39H2,1-18H3. The topological polar surface area (TPSA) is 9.72 Å². The third-order valence-electron chi connectivity index (χ3n) is 21.9. The predicted molar refractivity (Wildman–Crippen MR) is 371 cm³/mol. The summed E-state index contributed by atoms with van der Waals surface area (Å²) in [5.41, 5.74) is 26.6. The highest BCUT2D eigenvalue weighted by Crippen LogP contribution is 2.64. The molecule has 5 aliphatic rings. The molecule has 434 valence electrons. The van der Waals surface area contributed by atoms with Gasteiger partial charge in [0.1, 0.15) is 0 Å². The Morgan fingerprint density at radius 3 is 1.58 bits per heavy atom. The average molecular weight is 1140 g/mol. The fraction of sp³-hybridized carbons (Fsp3) is 0.400. The molecule has 0 amide bonds. The molecule has 2 aliphatic carbocycles. The minimum absolute atomic E-state index is 0.0107. The minimum Gasteiger partial charge on any atom is -0.400 e. The Morgan fingerprint density at radius 2 is 0.976 bits per heavy atom. The van der Waals surface area contributed by atoms with Crippen LogP contribution in [0, 0.1) is 0 Å². The van der Waals surface area contributed by atoms with Crippen LogP contribution in [-0.4, -0.2) is 12.4 Å². The Bertz CT molecular complexity index is 4150. The first-order valence-electron chi connectivity index (χ1n) is 32.1. The van der Waals surface area contributed by atoms with Gasteiger partial charge in [-0.3, -0.25) is 0 Å². The van der Waals surface area contributed by atoms with Crippen LogP contribution in [0.2, 0.25) is 0 Å². The van der Waals surface area contributed by atoms with Gasteiger partial charge >= 0.3 is 6.85 Å². The average Bonchev–Trinajstić information content (AvgIpc) is 1.57. The Balaban J connectivity index is 1.15. The van der Waals surface area contributed by atoms with E-state index in [0.717, 1.165) is 23.5 Å². The third kappa shape index (κ3) is 8.52. The van der Waals surface area contributed by atoms with E-state index in [1.807, 2.05) is 11.3 Å². The lowest BCUT2D eigenvalue weighted by Crippen LogP contribution is -2.70. The molecule has 3 aliphatic heterocycles. The Labute approximate surface area is 514 Å². The van der Waals surface area contributed by atoms with Crippen LogP contribution in [-0.2, 0) is 37.9 Å². The van der Waals surface area contributed by atoms with Gasteiger partial charge in [0, 0.05) is 76.4 Å². The molecule has 2 unspecified atom stereocenters. The van der Waals surface area contributed by atoms with Gasteiger partial charge in [0.25, 0.3) is 0 Å². The van der Waals surface area contributed by atoms with Crippen molar-refractivity contribution >= 4 is 89.1 Å². The number of benzene rings is 8. The molecule has 2 atom stereocenters. The van der Waals surface area contributed by atoms with Crippen molar-refractivity contribution in [3.8, 4) is 22.3 Å². The van der Waals surface area contributed by atoms with Crippen molar-refractivity contribution in [3.05, 3.63) is 185 Å². The van der Waals surface area contributed by atoms with Crippen molar-refractivity contribution in [2.75, 3.05) is 14.6 Å². The minimum atomic E-state index is -0.143. The van der Waals surface area contributed by atoms with Gasteiger partial charge in [-0.15, -0.1) is 11.3 Å². The van der Waals surface area contributed by atoms with Gasteiger partial charge in [-0.05, 0) is 199 Å². The van der Waals surface area contributed by atoms with Crippen molar-refractivity contribution < 1.29 is 0 Å². The lowest BCUT2D eigenvalue weighted by atomic mass is 9.42. The maximum atomic E-state index is 3.05. The van der Waals surface area contributed by atoms with Crippen LogP contribution in [0.5, 0.6) is 0 Å². The van der Waals surface area contributed by atoms with E-state index in [-0.39, 0.29) is 50.3 Å². The molecule has 8 aromatic carbocycles. The first-order valence-corrected chi connectivity index (χ1v) is 32.9. The van der Waals surface area contributed by atoms with Crippen LogP contribution in [0.25, 0.3) is 42.4 Å². The van der Waals surface area contributed by atoms with Crippen LogP contribution in [0.4, 0.5) is 39.8 Å². The first-order chi connectivity index (χ1) is 39.9. The van der Waals surface area contributed by atoms with Crippen molar-refractivity contribution in [2.45, 2.75) is 207 Å². The molecule has 3 nitrogen and oxygen atoms in total. The largest absolute Gasteiger partial charge is 0.400 e. The molecule has 0 radical (unpaired) electrons. The van der Waals surface area contributed by atoms with E-state index in [4.69, 9.17) is 0 Å². The number of rotatable bonds is 5. The van der Waals surface area contributed by atoms with Gasteiger partial charge < -0.3 is 14.6 Å². The number of anilines is 7. The van der Waals surface area contributed by atoms with E-state index < -0.39 is 0 Å². The van der Waals surface area contributed by atoms with E-state index in [2.05, 4.69) is 285 Å². The number of hydrogen-bond donors (Lipinski definition) is 0. The molecule has 1 saturated carbocycles. The molecule has 5 heteroatoms. The second-order valence-electron chi connectivity index (χ2n) is 32.5. The van der Waals surface area contributed by atoms with E-state index in [9.17, 15) is 0 Å². The quantitative estimate of drug-likeness (QED) is 0.159. The van der Waals surface area contributed by atoms with Crippen LogP contribution < -0.4 is 25.5 Å². The Morgan fingerprint density at radius 1 is 0.435 bits per heavy atom. The fourth-order valence-electron chi connectivity index (χ4n) is 16.2. The number of fused-ring (bicyclic) bond motifs is 11. The second-order valence-corrected chi connectivity index (χ2v) is 33.5. The molecular formula is C80H90BN3S. The maximum Gasteiger partial charge on any atom is 0.328 e. The van der Waals surface area contributed by atoms with Gasteiger partial charge in [0.15, 0.2) is 0 Å². The molecule has 1 aromatic heterocycles. The molecule has 0 bridgehead atoms. The Kier molecular flexibility index (Phi) is 12.2. The summed E-state index contributed by atoms with van der Waals surface area (Å²) >= 11 is 2.00. The summed E-state index contributed by atoms with van der Waals surface area (Å²) in [6, 6.07) is 58.9. The van der Waals surface area contributed by atoms with Gasteiger partial charge in [-0.25, -0.2) is 0 Å². The zero-order valence-corrected chi connectivity index (χ0v) is 55.2. The number of nitrogens with zero attached hydrogens (tertiary/aromatic N) is 3. The highest BCUT2D eigenvalue weighted by Gasteiger charge is 2.63.